The number of nitrogens with zero attached hydrogens (tertiary/aromatic N) is 1. The molecular formula is C9H21N3. The maximum atomic E-state index is 6.12. The van der Waals surface area contributed by atoms with E-state index in [1.165, 1.54) is 13.0 Å². The minimum Gasteiger partial charge on any atom is -0.329 e. The van der Waals surface area contributed by atoms with Gasteiger partial charge in [-0.2, -0.15) is 0 Å². The van der Waals surface area contributed by atoms with E-state index in [9.17, 15) is 0 Å². The third-order valence-electron chi connectivity index (χ3n) is 2.77. The predicted molar refractivity (Wildman–Crippen MR) is 51.9 cm³/mol. The van der Waals surface area contributed by atoms with Gasteiger partial charge in [-0.1, -0.05) is 0 Å². The van der Waals surface area contributed by atoms with E-state index in [-0.39, 0.29) is 5.54 Å². The summed E-state index contributed by atoms with van der Waals surface area (Å²) >= 11 is 0. The summed E-state index contributed by atoms with van der Waals surface area (Å²) < 4.78 is 0. The van der Waals surface area contributed by atoms with Crippen LogP contribution in [0.25, 0.3) is 0 Å². The Hall–Kier alpha value is -0.120. The highest BCUT2D eigenvalue weighted by atomic mass is 15.2. The maximum Gasteiger partial charge on any atom is 0.0408 e. The van der Waals surface area contributed by atoms with E-state index in [1.54, 1.807) is 0 Å². The molecule has 1 fully saturated rings. The summed E-state index contributed by atoms with van der Waals surface area (Å²) in [5.74, 6) is 0. The lowest BCUT2D eigenvalue weighted by Crippen LogP contribution is -2.59. The Bertz CT molecular complexity index is 147. The molecular weight excluding hydrogens is 150 g/mol. The Kier molecular flexibility index (Phi) is 3.09. The highest BCUT2D eigenvalue weighted by Gasteiger charge is 2.30. The van der Waals surface area contributed by atoms with Crippen molar-refractivity contribution in [2.24, 2.45) is 11.5 Å². The molecule has 1 rings (SSSR count). The van der Waals surface area contributed by atoms with E-state index >= 15 is 0 Å². The summed E-state index contributed by atoms with van der Waals surface area (Å²) in [6.07, 6.45) is 2.26. The summed E-state index contributed by atoms with van der Waals surface area (Å²) in [6.45, 7) is 7.17. The van der Waals surface area contributed by atoms with Crippen LogP contribution in [-0.2, 0) is 0 Å². The lowest BCUT2D eigenvalue weighted by molar-refractivity contribution is 0.123. The summed E-state index contributed by atoms with van der Waals surface area (Å²) in [5.41, 5.74) is 11.6. The Morgan fingerprint density at radius 2 is 2.17 bits per heavy atom. The van der Waals surface area contributed by atoms with Crippen LogP contribution in [0, 0.1) is 0 Å². The number of piperidine rings is 1. The molecule has 72 valence electrons. The standard InChI is InChI=1S/C9H21N3/c1-8(2)12-5-3-4-9(11,6-10)7-12/h8H,3-7,10-11H2,1-2H3. The second-order valence-electron chi connectivity index (χ2n) is 4.23. The minimum absolute atomic E-state index is 0.123. The molecule has 1 heterocycles. The van der Waals surface area contributed by atoms with Crippen molar-refractivity contribution in [3.63, 3.8) is 0 Å². The second kappa shape index (κ2) is 3.73. The third kappa shape index (κ3) is 2.19. The van der Waals surface area contributed by atoms with Gasteiger partial charge in [0.15, 0.2) is 0 Å². The molecule has 1 aliphatic rings. The van der Waals surface area contributed by atoms with Crippen LogP contribution < -0.4 is 11.5 Å². The maximum absolute atomic E-state index is 6.12. The molecule has 0 amide bonds. The summed E-state index contributed by atoms with van der Waals surface area (Å²) in [5, 5.41) is 0. The zero-order valence-electron chi connectivity index (χ0n) is 8.21. The first-order valence-corrected chi connectivity index (χ1v) is 4.80. The normalized spacial score (nSPS) is 32.8. The van der Waals surface area contributed by atoms with E-state index in [1.807, 2.05) is 0 Å². The van der Waals surface area contributed by atoms with Crippen LogP contribution in [0.5, 0.6) is 0 Å². The van der Waals surface area contributed by atoms with Gasteiger partial charge in [-0.05, 0) is 33.2 Å². The lowest BCUT2D eigenvalue weighted by Gasteiger charge is -2.41. The first-order valence-electron chi connectivity index (χ1n) is 4.80. The fourth-order valence-corrected chi connectivity index (χ4v) is 1.80. The molecule has 0 saturated carbocycles. The van der Waals surface area contributed by atoms with Crippen LogP contribution in [0.2, 0.25) is 0 Å². The molecule has 4 N–H and O–H groups in total. The molecule has 12 heavy (non-hydrogen) atoms. The van der Waals surface area contributed by atoms with Crippen molar-refractivity contribution in [3.05, 3.63) is 0 Å². The number of likely N-dealkylation sites (tertiary alicyclic amines) is 1. The molecule has 0 aliphatic carbocycles. The Morgan fingerprint density at radius 3 is 2.67 bits per heavy atom. The van der Waals surface area contributed by atoms with Crippen LogP contribution >= 0.6 is 0 Å². The molecule has 1 aliphatic heterocycles. The van der Waals surface area contributed by atoms with Gasteiger partial charge in [0.25, 0.3) is 0 Å². The van der Waals surface area contributed by atoms with Crippen molar-refractivity contribution in [2.45, 2.75) is 38.3 Å². The molecule has 0 spiro atoms. The van der Waals surface area contributed by atoms with Gasteiger partial charge >= 0.3 is 0 Å². The molecule has 0 bridgehead atoms. The van der Waals surface area contributed by atoms with E-state index in [4.69, 9.17) is 11.5 Å². The smallest absolute Gasteiger partial charge is 0.0408 e. The molecule has 0 radical (unpaired) electrons. The van der Waals surface area contributed by atoms with Crippen LogP contribution in [0.15, 0.2) is 0 Å². The Labute approximate surface area is 75.1 Å². The van der Waals surface area contributed by atoms with Crippen molar-refractivity contribution in [3.8, 4) is 0 Å². The van der Waals surface area contributed by atoms with E-state index < -0.39 is 0 Å². The average molecular weight is 171 g/mol. The molecule has 0 aromatic rings. The fourth-order valence-electron chi connectivity index (χ4n) is 1.80. The topological polar surface area (TPSA) is 55.3 Å². The number of hydrogen-bond donors (Lipinski definition) is 2. The Balaban J connectivity index is 2.51. The molecule has 0 aromatic heterocycles. The lowest BCUT2D eigenvalue weighted by atomic mass is 9.89. The molecule has 3 heteroatoms. The number of nitrogens with two attached hydrogens (primary N) is 2. The van der Waals surface area contributed by atoms with Crippen molar-refractivity contribution < 1.29 is 0 Å². The monoisotopic (exact) mass is 171 g/mol. The van der Waals surface area contributed by atoms with Gasteiger partial charge in [0.1, 0.15) is 0 Å². The fraction of sp³-hybridized carbons (Fsp3) is 1.00. The first kappa shape index (κ1) is 9.96. The van der Waals surface area contributed by atoms with Gasteiger partial charge in [-0.15, -0.1) is 0 Å². The molecule has 1 atom stereocenters. The van der Waals surface area contributed by atoms with E-state index in [2.05, 4.69) is 18.7 Å². The highest BCUT2D eigenvalue weighted by molar-refractivity contribution is 4.93. The summed E-state index contributed by atoms with van der Waals surface area (Å²) in [6, 6.07) is 0.597. The van der Waals surface area contributed by atoms with E-state index in [0.29, 0.717) is 12.6 Å². The van der Waals surface area contributed by atoms with Gasteiger partial charge in [-0.3, -0.25) is 4.90 Å². The van der Waals surface area contributed by atoms with Crippen LogP contribution in [-0.4, -0.2) is 36.1 Å². The molecule has 1 saturated heterocycles. The quantitative estimate of drug-likeness (QED) is 0.621. The molecule has 3 nitrogen and oxygen atoms in total. The zero-order valence-corrected chi connectivity index (χ0v) is 8.21. The van der Waals surface area contributed by atoms with Crippen molar-refractivity contribution in [2.75, 3.05) is 19.6 Å². The summed E-state index contributed by atoms with van der Waals surface area (Å²) in [7, 11) is 0. The average Bonchev–Trinajstić information content (AvgIpc) is 2.05. The molecule has 0 aromatic carbocycles. The zero-order chi connectivity index (χ0) is 9.19. The van der Waals surface area contributed by atoms with Crippen LogP contribution in [0.1, 0.15) is 26.7 Å². The van der Waals surface area contributed by atoms with Gasteiger partial charge in [-0.25, -0.2) is 0 Å². The van der Waals surface area contributed by atoms with Gasteiger partial charge < -0.3 is 11.5 Å². The molecule has 1 unspecified atom stereocenters. The van der Waals surface area contributed by atoms with Crippen LogP contribution in [0.3, 0.4) is 0 Å². The number of hydrogen-bond acceptors (Lipinski definition) is 3. The minimum atomic E-state index is -0.123. The van der Waals surface area contributed by atoms with Crippen LogP contribution in [0.4, 0.5) is 0 Å². The second-order valence-corrected chi connectivity index (χ2v) is 4.23. The SMILES string of the molecule is CC(C)N1CCCC(N)(CN)C1. The van der Waals surface area contributed by atoms with Crippen molar-refractivity contribution in [1.29, 1.82) is 0 Å². The highest BCUT2D eigenvalue weighted by Crippen LogP contribution is 2.19. The predicted octanol–water partition coefficient (Wildman–Crippen LogP) is 0.147. The summed E-state index contributed by atoms with van der Waals surface area (Å²) in [4.78, 5) is 2.41. The Morgan fingerprint density at radius 1 is 1.50 bits per heavy atom. The van der Waals surface area contributed by atoms with E-state index in [0.717, 1.165) is 13.0 Å². The van der Waals surface area contributed by atoms with Gasteiger partial charge in [0.2, 0.25) is 0 Å². The third-order valence-corrected chi connectivity index (χ3v) is 2.77. The first-order chi connectivity index (χ1) is 5.57. The number of rotatable bonds is 2. The van der Waals surface area contributed by atoms with Crippen molar-refractivity contribution >= 4 is 0 Å². The van der Waals surface area contributed by atoms with Gasteiger partial charge in [0, 0.05) is 24.7 Å². The largest absolute Gasteiger partial charge is 0.329 e. The van der Waals surface area contributed by atoms with Gasteiger partial charge in [0.05, 0.1) is 0 Å². The van der Waals surface area contributed by atoms with Crippen molar-refractivity contribution in [1.82, 2.24) is 4.90 Å².